The van der Waals surface area contributed by atoms with Gasteiger partial charge in [-0.1, -0.05) is 81.3 Å². The molecule has 2 aromatic rings. The summed E-state index contributed by atoms with van der Waals surface area (Å²) in [5.74, 6) is 0.818. The summed E-state index contributed by atoms with van der Waals surface area (Å²) in [7, 11) is 0. The number of aromatic nitrogens is 2. The molecule has 1 aliphatic rings. The van der Waals surface area contributed by atoms with Gasteiger partial charge in [0.25, 0.3) is 5.89 Å². The maximum absolute atomic E-state index is 11.2. The minimum Gasteiger partial charge on any atom is -0.465 e. The predicted octanol–water partition coefficient (Wildman–Crippen LogP) is 5.47. The molecular weight excluding hydrogens is 382 g/mol. The van der Waals surface area contributed by atoms with E-state index in [9.17, 15) is 4.79 Å². The normalized spacial score (nSPS) is 16.7. The van der Waals surface area contributed by atoms with Gasteiger partial charge in [-0.3, -0.25) is 0 Å². The monoisotopic (exact) mass is 415 g/mol. The molecule has 0 bridgehead atoms. The van der Waals surface area contributed by atoms with E-state index in [0.29, 0.717) is 24.9 Å². The minimum atomic E-state index is -0.963. The van der Waals surface area contributed by atoms with Gasteiger partial charge >= 0.3 is 6.09 Å². The summed E-state index contributed by atoms with van der Waals surface area (Å²) in [5.41, 5.74) is 2.21. The van der Waals surface area contributed by atoms with Crippen LogP contribution < -0.4 is 0 Å². The Bertz CT molecular complexity index is 775. The van der Waals surface area contributed by atoms with Gasteiger partial charge in [-0.15, -0.1) is 0 Å². The van der Waals surface area contributed by atoms with Crippen LogP contribution in [-0.2, 0) is 11.2 Å². The molecule has 3 rings (SSSR count). The van der Waals surface area contributed by atoms with Gasteiger partial charge < -0.3 is 19.3 Å². The van der Waals surface area contributed by atoms with Crippen molar-refractivity contribution in [2.45, 2.75) is 70.8 Å². The van der Waals surface area contributed by atoms with Crippen molar-refractivity contribution in [1.82, 2.24) is 15.0 Å². The molecule has 0 aliphatic carbocycles. The number of benzene rings is 1. The molecular formula is C23H33N3O4. The number of morpholine rings is 1. The molecule has 1 amide bonds. The Morgan fingerprint density at radius 1 is 1.10 bits per heavy atom. The molecule has 0 saturated carbocycles. The summed E-state index contributed by atoms with van der Waals surface area (Å²) in [4.78, 5) is 16.9. The fraction of sp³-hybridized carbons (Fsp3) is 0.609. The van der Waals surface area contributed by atoms with E-state index >= 15 is 0 Å². The molecule has 7 nitrogen and oxygen atoms in total. The number of hydrogen-bond acceptors (Lipinski definition) is 5. The van der Waals surface area contributed by atoms with E-state index in [2.05, 4.69) is 29.2 Å². The van der Waals surface area contributed by atoms with Crippen molar-refractivity contribution in [3.05, 3.63) is 35.7 Å². The molecule has 1 atom stereocenters. The molecule has 0 spiro atoms. The number of aryl methyl sites for hydroxylation is 1. The van der Waals surface area contributed by atoms with Crippen molar-refractivity contribution >= 4 is 6.09 Å². The zero-order valence-electron chi connectivity index (χ0n) is 17.9. The topological polar surface area (TPSA) is 88.7 Å². The van der Waals surface area contributed by atoms with Gasteiger partial charge in [-0.25, -0.2) is 4.79 Å². The van der Waals surface area contributed by atoms with Crippen LogP contribution in [-0.4, -0.2) is 45.9 Å². The van der Waals surface area contributed by atoms with Crippen LogP contribution in [0.4, 0.5) is 4.79 Å². The van der Waals surface area contributed by atoms with E-state index < -0.39 is 12.2 Å². The van der Waals surface area contributed by atoms with Crippen LogP contribution >= 0.6 is 0 Å². The van der Waals surface area contributed by atoms with Crippen LogP contribution in [0, 0.1) is 0 Å². The molecule has 2 heterocycles. The Morgan fingerprint density at radius 2 is 1.80 bits per heavy atom. The summed E-state index contributed by atoms with van der Waals surface area (Å²) in [6.07, 6.45) is 10.2. The van der Waals surface area contributed by atoms with Crippen molar-refractivity contribution in [3.63, 3.8) is 0 Å². The zero-order chi connectivity index (χ0) is 21.2. The molecule has 1 unspecified atom stereocenters. The summed E-state index contributed by atoms with van der Waals surface area (Å²) >= 11 is 0. The smallest absolute Gasteiger partial charge is 0.407 e. The second-order valence-electron chi connectivity index (χ2n) is 7.97. The number of carboxylic acid groups (broad SMARTS) is 1. The first kappa shape index (κ1) is 22.3. The lowest BCUT2D eigenvalue weighted by Crippen LogP contribution is -2.41. The predicted molar refractivity (Wildman–Crippen MR) is 114 cm³/mol. The Balaban J connectivity index is 1.44. The van der Waals surface area contributed by atoms with Gasteiger partial charge in [-0.2, -0.15) is 4.98 Å². The third-order valence-electron chi connectivity index (χ3n) is 5.59. The fourth-order valence-corrected chi connectivity index (χ4v) is 3.74. The molecule has 1 saturated heterocycles. The van der Waals surface area contributed by atoms with E-state index in [0.717, 1.165) is 12.0 Å². The lowest BCUT2D eigenvalue weighted by atomic mass is 10.0. The highest BCUT2D eigenvalue weighted by atomic mass is 16.5. The van der Waals surface area contributed by atoms with Crippen LogP contribution in [0.5, 0.6) is 0 Å². The van der Waals surface area contributed by atoms with Crippen molar-refractivity contribution in [1.29, 1.82) is 0 Å². The molecule has 30 heavy (non-hydrogen) atoms. The third-order valence-corrected chi connectivity index (χ3v) is 5.59. The lowest BCUT2D eigenvalue weighted by molar-refractivity contribution is -0.0377. The largest absolute Gasteiger partial charge is 0.465 e. The van der Waals surface area contributed by atoms with Crippen molar-refractivity contribution in [2.24, 2.45) is 0 Å². The van der Waals surface area contributed by atoms with Crippen LogP contribution in [0.3, 0.4) is 0 Å². The SMILES string of the molecule is CCCCCCCCCCc1ccc(-c2noc(C3CN(C(=O)O)CCO3)n2)cc1. The fourth-order valence-electron chi connectivity index (χ4n) is 3.74. The van der Waals surface area contributed by atoms with E-state index in [-0.39, 0.29) is 6.54 Å². The number of nitrogens with zero attached hydrogens (tertiary/aromatic N) is 3. The van der Waals surface area contributed by atoms with E-state index in [1.54, 1.807) is 0 Å². The maximum Gasteiger partial charge on any atom is 0.407 e. The van der Waals surface area contributed by atoms with Crippen molar-refractivity contribution in [3.8, 4) is 11.4 Å². The molecule has 7 heteroatoms. The van der Waals surface area contributed by atoms with Crippen molar-refractivity contribution < 1.29 is 19.2 Å². The van der Waals surface area contributed by atoms with E-state index in [4.69, 9.17) is 14.4 Å². The number of rotatable bonds is 11. The molecule has 1 aromatic heterocycles. The Kier molecular flexibility index (Phi) is 8.68. The number of carbonyl (C=O) groups is 1. The molecule has 1 fully saturated rings. The van der Waals surface area contributed by atoms with Crippen LogP contribution in [0.15, 0.2) is 28.8 Å². The number of amides is 1. The molecule has 1 aromatic carbocycles. The van der Waals surface area contributed by atoms with E-state index in [1.165, 1.54) is 61.8 Å². The quantitative estimate of drug-likeness (QED) is 0.490. The highest BCUT2D eigenvalue weighted by molar-refractivity contribution is 5.65. The van der Waals surface area contributed by atoms with Crippen LogP contribution in [0.1, 0.15) is 75.8 Å². The Hall–Kier alpha value is -2.41. The highest BCUT2D eigenvalue weighted by Crippen LogP contribution is 2.24. The average Bonchev–Trinajstić information content (AvgIpc) is 3.26. The van der Waals surface area contributed by atoms with Gasteiger partial charge in [0, 0.05) is 12.1 Å². The molecule has 164 valence electrons. The molecule has 1 N–H and O–H groups in total. The number of unbranched alkanes of at least 4 members (excludes halogenated alkanes) is 7. The lowest BCUT2D eigenvalue weighted by Gasteiger charge is -2.28. The van der Waals surface area contributed by atoms with Gasteiger partial charge in [0.1, 0.15) is 0 Å². The van der Waals surface area contributed by atoms with Gasteiger partial charge in [-0.05, 0) is 18.4 Å². The number of hydrogen-bond donors (Lipinski definition) is 1. The van der Waals surface area contributed by atoms with Crippen molar-refractivity contribution in [2.75, 3.05) is 19.7 Å². The summed E-state index contributed by atoms with van der Waals surface area (Å²) in [5, 5.41) is 13.2. The van der Waals surface area contributed by atoms with Gasteiger partial charge in [0.15, 0.2) is 6.10 Å². The van der Waals surface area contributed by atoms with Gasteiger partial charge in [0.2, 0.25) is 5.82 Å². The first-order valence-electron chi connectivity index (χ1n) is 11.2. The molecule has 1 aliphatic heterocycles. The van der Waals surface area contributed by atoms with Gasteiger partial charge in [0.05, 0.1) is 13.2 Å². The summed E-state index contributed by atoms with van der Waals surface area (Å²) in [6, 6.07) is 8.27. The standard InChI is InChI=1S/C23H33N3O4/c1-2-3-4-5-6-7-8-9-10-18-11-13-19(14-12-18)21-24-22(30-25-21)20-17-26(23(27)28)15-16-29-20/h11-14,20H,2-10,15-17H2,1H3,(H,27,28). The Morgan fingerprint density at radius 3 is 2.50 bits per heavy atom. The highest BCUT2D eigenvalue weighted by Gasteiger charge is 2.29. The number of ether oxygens (including phenoxy) is 1. The summed E-state index contributed by atoms with van der Waals surface area (Å²) in [6.45, 7) is 3.13. The summed E-state index contributed by atoms with van der Waals surface area (Å²) < 4.78 is 10.9. The van der Waals surface area contributed by atoms with E-state index in [1.807, 2.05) is 12.1 Å². The third kappa shape index (κ3) is 6.55. The first-order valence-corrected chi connectivity index (χ1v) is 11.2. The van der Waals surface area contributed by atoms with Crippen LogP contribution in [0.25, 0.3) is 11.4 Å². The Labute approximate surface area is 178 Å². The molecule has 0 radical (unpaired) electrons. The van der Waals surface area contributed by atoms with Crippen LogP contribution in [0.2, 0.25) is 0 Å². The first-order chi connectivity index (χ1) is 14.7. The average molecular weight is 416 g/mol. The zero-order valence-corrected chi connectivity index (χ0v) is 17.9. The minimum absolute atomic E-state index is 0.203. The maximum atomic E-state index is 11.2. The second-order valence-corrected chi connectivity index (χ2v) is 7.97. The second kappa shape index (κ2) is 11.7.